The molecule has 0 radical (unpaired) electrons. The molecule has 4 nitrogen and oxygen atoms in total. The Morgan fingerprint density at radius 2 is 1.95 bits per heavy atom. The van der Waals surface area contributed by atoms with Crippen molar-refractivity contribution in [3.63, 3.8) is 0 Å². The van der Waals surface area contributed by atoms with Crippen molar-refractivity contribution in [2.24, 2.45) is 5.73 Å². The Morgan fingerprint density at radius 3 is 2.71 bits per heavy atom. The van der Waals surface area contributed by atoms with Crippen LogP contribution in [0, 0.1) is 0 Å². The van der Waals surface area contributed by atoms with Crippen LogP contribution in [-0.4, -0.2) is 19.1 Å². The highest BCUT2D eigenvalue weighted by atomic mass is 16.5. The minimum Gasteiger partial charge on any atom is -0.382 e. The lowest BCUT2D eigenvalue weighted by Gasteiger charge is -2.26. The molecule has 1 aliphatic heterocycles. The largest absolute Gasteiger partial charge is 0.382 e. The van der Waals surface area contributed by atoms with Crippen molar-refractivity contribution in [1.82, 2.24) is 0 Å². The highest BCUT2D eigenvalue weighted by molar-refractivity contribution is 5.93. The standard InChI is InChI=1S/C17H18N2O2/c18-17(20)13-5-7-14(8-6-13)19-11-16-15-4-2-1-3-12(15)9-10-21-16/h1-8,16,19H,9-11H2,(H2,18,20). The van der Waals surface area contributed by atoms with E-state index in [2.05, 4.69) is 23.5 Å². The number of ether oxygens (including phenoxy) is 1. The van der Waals surface area contributed by atoms with Gasteiger partial charge in [0.1, 0.15) is 0 Å². The van der Waals surface area contributed by atoms with Gasteiger partial charge in [0, 0.05) is 17.8 Å². The molecule has 21 heavy (non-hydrogen) atoms. The summed E-state index contributed by atoms with van der Waals surface area (Å²) in [5.41, 5.74) is 9.31. The molecule has 108 valence electrons. The highest BCUT2D eigenvalue weighted by Crippen LogP contribution is 2.27. The van der Waals surface area contributed by atoms with E-state index in [9.17, 15) is 4.79 Å². The van der Waals surface area contributed by atoms with E-state index in [1.807, 2.05) is 18.2 Å². The normalized spacial score (nSPS) is 17.0. The summed E-state index contributed by atoms with van der Waals surface area (Å²) in [4.78, 5) is 11.0. The molecule has 0 spiro atoms. The number of carbonyl (C=O) groups excluding carboxylic acids is 1. The van der Waals surface area contributed by atoms with Crippen LogP contribution in [0.3, 0.4) is 0 Å². The predicted octanol–water partition coefficient (Wildman–Crippen LogP) is 2.51. The maximum atomic E-state index is 11.0. The quantitative estimate of drug-likeness (QED) is 0.905. The Bertz CT molecular complexity index is 637. The van der Waals surface area contributed by atoms with Crippen molar-refractivity contribution in [3.05, 3.63) is 65.2 Å². The third-order valence-corrected chi connectivity index (χ3v) is 3.75. The first kappa shape index (κ1) is 13.6. The SMILES string of the molecule is NC(=O)c1ccc(NCC2OCCc3ccccc32)cc1. The third kappa shape index (κ3) is 3.06. The van der Waals surface area contributed by atoms with Gasteiger partial charge in [0.15, 0.2) is 0 Å². The summed E-state index contributed by atoms with van der Waals surface area (Å²) in [6.45, 7) is 1.46. The van der Waals surface area contributed by atoms with Crippen molar-refractivity contribution in [2.45, 2.75) is 12.5 Å². The Kier molecular flexibility index (Phi) is 3.88. The molecule has 1 heterocycles. The van der Waals surface area contributed by atoms with E-state index < -0.39 is 5.91 Å². The first-order valence-corrected chi connectivity index (χ1v) is 7.07. The summed E-state index contributed by atoms with van der Waals surface area (Å²) < 4.78 is 5.85. The van der Waals surface area contributed by atoms with Crippen LogP contribution in [0.15, 0.2) is 48.5 Å². The zero-order valence-electron chi connectivity index (χ0n) is 11.7. The van der Waals surface area contributed by atoms with Crippen LogP contribution in [0.1, 0.15) is 27.6 Å². The van der Waals surface area contributed by atoms with Crippen molar-refractivity contribution >= 4 is 11.6 Å². The Balaban J connectivity index is 1.67. The van der Waals surface area contributed by atoms with Gasteiger partial charge in [-0.1, -0.05) is 24.3 Å². The Hall–Kier alpha value is -2.33. The Morgan fingerprint density at radius 1 is 1.19 bits per heavy atom. The molecule has 0 saturated carbocycles. The maximum Gasteiger partial charge on any atom is 0.248 e. The zero-order chi connectivity index (χ0) is 14.7. The van der Waals surface area contributed by atoms with Gasteiger partial charge in [-0.3, -0.25) is 4.79 Å². The molecule has 3 N–H and O–H groups in total. The second kappa shape index (κ2) is 5.97. The van der Waals surface area contributed by atoms with Gasteiger partial charge in [-0.15, -0.1) is 0 Å². The second-order valence-corrected chi connectivity index (χ2v) is 5.13. The van der Waals surface area contributed by atoms with Gasteiger partial charge in [-0.25, -0.2) is 0 Å². The molecule has 0 bridgehead atoms. The number of nitrogens with one attached hydrogen (secondary N) is 1. The summed E-state index contributed by atoms with van der Waals surface area (Å²) in [7, 11) is 0. The molecule has 0 saturated heterocycles. The fourth-order valence-electron chi connectivity index (χ4n) is 2.61. The lowest BCUT2D eigenvalue weighted by Crippen LogP contribution is -2.22. The number of hydrogen-bond acceptors (Lipinski definition) is 3. The average molecular weight is 282 g/mol. The zero-order valence-corrected chi connectivity index (χ0v) is 11.7. The molecule has 1 unspecified atom stereocenters. The van der Waals surface area contributed by atoms with Gasteiger partial charge in [0.05, 0.1) is 12.7 Å². The molecule has 0 aliphatic carbocycles. The van der Waals surface area contributed by atoms with Crippen molar-refractivity contribution in [3.8, 4) is 0 Å². The third-order valence-electron chi connectivity index (χ3n) is 3.75. The number of fused-ring (bicyclic) bond motifs is 1. The average Bonchev–Trinajstić information content (AvgIpc) is 2.53. The summed E-state index contributed by atoms with van der Waals surface area (Å²) in [5, 5.41) is 3.34. The van der Waals surface area contributed by atoms with E-state index in [0.717, 1.165) is 18.7 Å². The monoisotopic (exact) mass is 282 g/mol. The number of benzene rings is 2. The summed E-state index contributed by atoms with van der Waals surface area (Å²) in [6.07, 6.45) is 1.03. The second-order valence-electron chi connectivity index (χ2n) is 5.13. The number of hydrogen-bond donors (Lipinski definition) is 2. The molecule has 0 aromatic heterocycles. The first-order valence-electron chi connectivity index (χ1n) is 7.07. The molecule has 3 rings (SSSR count). The van der Waals surface area contributed by atoms with E-state index in [1.165, 1.54) is 11.1 Å². The van der Waals surface area contributed by atoms with Crippen LogP contribution < -0.4 is 11.1 Å². The maximum absolute atomic E-state index is 11.0. The van der Waals surface area contributed by atoms with Crippen molar-refractivity contribution in [2.75, 3.05) is 18.5 Å². The number of nitrogens with two attached hydrogens (primary N) is 1. The van der Waals surface area contributed by atoms with Gasteiger partial charge < -0.3 is 15.8 Å². The first-order chi connectivity index (χ1) is 10.2. The van der Waals surface area contributed by atoms with Crippen LogP contribution in [0.4, 0.5) is 5.69 Å². The molecule has 4 heteroatoms. The van der Waals surface area contributed by atoms with Crippen LogP contribution in [0.5, 0.6) is 0 Å². The van der Waals surface area contributed by atoms with Gasteiger partial charge in [-0.2, -0.15) is 0 Å². The summed E-state index contributed by atoms with van der Waals surface area (Å²) in [5.74, 6) is -0.411. The molecule has 1 aliphatic rings. The number of primary amides is 1. The van der Waals surface area contributed by atoms with E-state index in [4.69, 9.17) is 10.5 Å². The Labute approximate surface area is 123 Å². The molecule has 0 fully saturated rings. The smallest absolute Gasteiger partial charge is 0.248 e. The van der Waals surface area contributed by atoms with Gasteiger partial charge in [0.25, 0.3) is 0 Å². The molecule has 2 aromatic rings. The number of carbonyl (C=O) groups is 1. The summed E-state index contributed by atoms with van der Waals surface area (Å²) in [6, 6.07) is 15.5. The minimum atomic E-state index is -0.411. The number of amides is 1. The highest BCUT2D eigenvalue weighted by Gasteiger charge is 2.19. The lowest BCUT2D eigenvalue weighted by atomic mass is 9.97. The topological polar surface area (TPSA) is 64.4 Å². The number of rotatable bonds is 4. The van der Waals surface area contributed by atoms with Gasteiger partial charge in [-0.05, 0) is 41.8 Å². The molecular weight excluding hydrogens is 264 g/mol. The fourth-order valence-corrected chi connectivity index (χ4v) is 2.61. The van der Waals surface area contributed by atoms with Crippen LogP contribution in [0.2, 0.25) is 0 Å². The van der Waals surface area contributed by atoms with Crippen LogP contribution in [0.25, 0.3) is 0 Å². The van der Waals surface area contributed by atoms with Crippen molar-refractivity contribution in [1.29, 1.82) is 0 Å². The molecule has 1 atom stereocenters. The molecular formula is C17H18N2O2. The predicted molar refractivity (Wildman–Crippen MR) is 82.3 cm³/mol. The van der Waals surface area contributed by atoms with E-state index in [1.54, 1.807) is 12.1 Å². The van der Waals surface area contributed by atoms with Crippen LogP contribution in [-0.2, 0) is 11.2 Å². The molecule has 2 aromatic carbocycles. The minimum absolute atomic E-state index is 0.0609. The van der Waals surface area contributed by atoms with E-state index in [-0.39, 0.29) is 6.10 Å². The lowest BCUT2D eigenvalue weighted by molar-refractivity contribution is 0.0513. The fraction of sp³-hybridized carbons (Fsp3) is 0.235. The van der Waals surface area contributed by atoms with Gasteiger partial charge in [0.2, 0.25) is 5.91 Å². The van der Waals surface area contributed by atoms with Gasteiger partial charge >= 0.3 is 0 Å². The summed E-state index contributed by atoms with van der Waals surface area (Å²) >= 11 is 0. The van der Waals surface area contributed by atoms with Crippen LogP contribution >= 0.6 is 0 Å². The molecule has 1 amide bonds. The number of anilines is 1. The van der Waals surface area contributed by atoms with E-state index in [0.29, 0.717) is 12.1 Å². The van der Waals surface area contributed by atoms with Crippen molar-refractivity contribution < 1.29 is 9.53 Å². The van der Waals surface area contributed by atoms with E-state index >= 15 is 0 Å².